The predicted molar refractivity (Wildman–Crippen MR) is 114 cm³/mol. The van der Waals surface area contributed by atoms with Crippen LogP contribution in [-0.2, 0) is 9.59 Å². The lowest BCUT2D eigenvalue weighted by molar-refractivity contribution is -0.136. The molecule has 0 fully saturated rings. The van der Waals surface area contributed by atoms with Gasteiger partial charge in [0, 0.05) is 0 Å². The highest BCUT2D eigenvalue weighted by atomic mass is 16.2. The largest absolute Gasteiger partial charge is 0.349 e. The molecule has 4 nitrogen and oxygen atoms in total. The summed E-state index contributed by atoms with van der Waals surface area (Å²) in [6.45, 7) is 8.09. The van der Waals surface area contributed by atoms with Gasteiger partial charge in [0.15, 0.2) is 0 Å². The van der Waals surface area contributed by atoms with Gasteiger partial charge in [-0.1, -0.05) is 74.5 Å². The zero-order chi connectivity index (χ0) is 20.5. The van der Waals surface area contributed by atoms with E-state index in [0.717, 1.165) is 17.5 Å². The normalized spacial score (nSPS) is 13.2. The Kier molecular flexibility index (Phi) is 8.24. The number of hydrogen-bond donors (Lipinski definition) is 2. The summed E-state index contributed by atoms with van der Waals surface area (Å²) in [6.07, 6.45) is 1.36. The fraction of sp³-hybridized carbons (Fsp3) is 0.417. The van der Waals surface area contributed by atoms with Gasteiger partial charge in [0.25, 0.3) is 0 Å². The van der Waals surface area contributed by atoms with Gasteiger partial charge in [-0.15, -0.1) is 0 Å². The summed E-state index contributed by atoms with van der Waals surface area (Å²) in [4.78, 5) is 25.9. The van der Waals surface area contributed by atoms with Crippen LogP contribution in [-0.4, -0.2) is 11.8 Å². The van der Waals surface area contributed by atoms with Crippen molar-refractivity contribution in [3.63, 3.8) is 0 Å². The Bertz CT molecular complexity index is 684. The maximum absolute atomic E-state index is 12.9. The minimum Gasteiger partial charge on any atom is -0.349 e. The van der Waals surface area contributed by atoms with Crippen molar-refractivity contribution in [1.82, 2.24) is 10.6 Å². The van der Waals surface area contributed by atoms with Gasteiger partial charge >= 0.3 is 0 Å². The number of nitrogens with one attached hydrogen (secondary N) is 2. The SMILES string of the molecule is CC(C)CCC(C(=O)N[C@H](C)c1ccccc1)C(=O)N[C@H](C)c1ccccc1. The topological polar surface area (TPSA) is 58.2 Å². The van der Waals surface area contributed by atoms with Gasteiger partial charge in [0.2, 0.25) is 11.8 Å². The molecule has 0 aliphatic heterocycles. The first-order chi connectivity index (χ1) is 13.4. The van der Waals surface area contributed by atoms with Crippen LogP contribution < -0.4 is 10.6 Å². The van der Waals surface area contributed by atoms with Crippen molar-refractivity contribution in [1.29, 1.82) is 0 Å². The summed E-state index contributed by atoms with van der Waals surface area (Å²) in [5, 5.41) is 6.03. The van der Waals surface area contributed by atoms with E-state index in [4.69, 9.17) is 0 Å². The molecule has 0 unspecified atom stereocenters. The number of carbonyl (C=O) groups excluding carboxylic acids is 2. The Morgan fingerprint density at radius 2 is 1.07 bits per heavy atom. The number of hydrogen-bond acceptors (Lipinski definition) is 2. The molecule has 0 aromatic heterocycles. The molecule has 4 heteroatoms. The van der Waals surface area contributed by atoms with Gasteiger partial charge in [0.1, 0.15) is 5.92 Å². The molecule has 0 aliphatic rings. The van der Waals surface area contributed by atoms with E-state index in [1.165, 1.54) is 0 Å². The number of benzene rings is 2. The molecule has 2 amide bonds. The summed E-state index contributed by atoms with van der Waals surface area (Å²) in [5.74, 6) is -0.689. The van der Waals surface area contributed by atoms with Gasteiger partial charge in [-0.25, -0.2) is 0 Å². The fourth-order valence-electron chi connectivity index (χ4n) is 3.16. The molecule has 2 aromatic carbocycles. The van der Waals surface area contributed by atoms with Crippen LogP contribution in [0.1, 0.15) is 63.7 Å². The Morgan fingerprint density at radius 1 is 0.679 bits per heavy atom. The lowest BCUT2D eigenvalue weighted by atomic mass is 9.95. The molecule has 2 aromatic rings. The van der Waals surface area contributed by atoms with Crippen LogP contribution >= 0.6 is 0 Å². The van der Waals surface area contributed by atoms with Crippen LogP contribution in [0.5, 0.6) is 0 Å². The molecule has 0 heterocycles. The molecule has 0 spiro atoms. The highest BCUT2D eigenvalue weighted by Gasteiger charge is 2.28. The van der Waals surface area contributed by atoms with Gasteiger partial charge in [-0.05, 0) is 43.7 Å². The van der Waals surface area contributed by atoms with Crippen molar-refractivity contribution < 1.29 is 9.59 Å². The number of amides is 2. The zero-order valence-electron chi connectivity index (χ0n) is 17.3. The Labute approximate surface area is 168 Å². The lowest BCUT2D eigenvalue weighted by Crippen LogP contribution is -2.43. The van der Waals surface area contributed by atoms with E-state index in [2.05, 4.69) is 24.5 Å². The van der Waals surface area contributed by atoms with E-state index in [1.807, 2.05) is 74.5 Å². The highest BCUT2D eigenvalue weighted by molar-refractivity contribution is 6.00. The average Bonchev–Trinajstić information content (AvgIpc) is 2.69. The van der Waals surface area contributed by atoms with E-state index in [9.17, 15) is 9.59 Å². The summed E-state index contributed by atoms with van der Waals surface area (Å²) in [6, 6.07) is 19.3. The molecular weight excluding hydrogens is 348 g/mol. The van der Waals surface area contributed by atoms with Crippen LogP contribution in [0.25, 0.3) is 0 Å². The van der Waals surface area contributed by atoms with Crippen LogP contribution in [0, 0.1) is 11.8 Å². The van der Waals surface area contributed by atoms with Crippen LogP contribution in [0.2, 0.25) is 0 Å². The van der Waals surface area contributed by atoms with Gasteiger partial charge in [-0.2, -0.15) is 0 Å². The first-order valence-corrected chi connectivity index (χ1v) is 10.1. The fourth-order valence-corrected chi connectivity index (χ4v) is 3.16. The third-order valence-electron chi connectivity index (χ3n) is 4.98. The van der Waals surface area contributed by atoms with E-state index >= 15 is 0 Å². The first kappa shape index (κ1) is 21.7. The summed E-state index contributed by atoms with van der Waals surface area (Å²) in [5.41, 5.74) is 2.05. The van der Waals surface area contributed by atoms with Crippen molar-refractivity contribution in [2.24, 2.45) is 11.8 Å². The maximum Gasteiger partial charge on any atom is 0.233 e. The van der Waals surface area contributed by atoms with Crippen molar-refractivity contribution in [2.75, 3.05) is 0 Å². The van der Waals surface area contributed by atoms with Gasteiger partial charge in [0.05, 0.1) is 12.1 Å². The second-order valence-corrected chi connectivity index (χ2v) is 7.81. The van der Waals surface area contributed by atoms with Crippen LogP contribution in [0.15, 0.2) is 60.7 Å². The van der Waals surface area contributed by atoms with E-state index in [-0.39, 0.29) is 23.9 Å². The van der Waals surface area contributed by atoms with Crippen molar-refractivity contribution in [3.8, 4) is 0 Å². The first-order valence-electron chi connectivity index (χ1n) is 10.1. The molecule has 0 aliphatic carbocycles. The molecule has 0 saturated heterocycles. The number of carbonyl (C=O) groups is 2. The quantitative estimate of drug-likeness (QED) is 0.614. The molecule has 150 valence electrons. The standard InChI is InChI=1S/C24H32N2O2/c1-17(2)15-16-22(23(27)25-18(3)20-11-7-5-8-12-20)24(28)26-19(4)21-13-9-6-10-14-21/h5-14,17-19,22H,15-16H2,1-4H3,(H,25,27)(H,26,28)/t18-,19-/m1/s1. The molecule has 2 rings (SSSR count). The highest BCUT2D eigenvalue weighted by Crippen LogP contribution is 2.19. The molecule has 2 atom stereocenters. The third-order valence-corrected chi connectivity index (χ3v) is 4.98. The van der Waals surface area contributed by atoms with E-state index in [1.54, 1.807) is 0 Å². The Balaban J connectivity index is 2.06. The molecule has 0 bridgehead atoms. The second-order valence-electron chi connectivity index (χ2n) is 7.81. The average molecular weight is 381 g/mol. The predicted octanol–water partition coefficient (Wildman–Crippen LogP) is 4.79. The Morgan fingerprint density at radius 3 is 1.43 bits per heavy atom. The summed E-state index contributed by atoms with van der Waals surface area (Å²) < 4.78 is 0. The van der Waals surface area contributed by atoms with Crippen LogP contribution in [0.3, 0.4) is 0 Å². The lowest BCUT2D eigenvalue weighted by Gasteiger charge is -2.23. The summed E-state index contributed by atoms with van der Waals surface area (Å²) in [7, 11) is 0. The maximum atomic E-state index is 12.9. The number of rotatable bonds is 9. The van der Waals surface area contributed by atoms with Crippen molar-refractivity contribution >= 4 is 11.8 Å². The minimum atomic E-state index is -0.695. The van der Waals surface area contributed by atoms with Crippen LogP contribution in [0.4, 0.5) is 0 Å². The monoisotopic (exact) mass is 380 g/mol. The minimum absolute atomic E-state index is 0.144. The summed E-state index contributed by atoms with van der Waals surface area (Å²) >= 11 is 0. The molecule has 2 N–H and O–H groups in total. The van der Waals surface area contributed by atoms with Crippen molar-refractivity contribution in [2.45, 2.75) is 52.6 Å². The van der Waals surface area contributed by atoms with Gasteiger partial charge < -0.3 is 10.6 Å². The zero-order valence-corrected chi connectivity index (χ0v) is 17.3. The molecule has 0 saturated carbocycles. The van der Waals surface area contributed by atoms with Crippen molar-refractivity contribution in [3.05, 3.63) is 71.8 Å². The van der Waals surface area contributed by atoms with E-state index < -0.39 is 5.92 Å². The second kappa shape index (κ2) is 10.6. The van der Waals surface area contributed by atoms with Gasteiger partial charge in [-0.3, -0.25) is 9.59 Å². The molecule has 28 heavy (non-hydrogen) atoms. The smallest absolute Gasteiger partial charge is 0.233 e. The molecule has 0 radical (unpaired) electrons. The molecular formula is C24H32N2O2. The third kappa shape index (κ3) is 6.52. The van der Waals surface area contributed by atoms with E-state index in [0.29, 0.717) is 12.3 Å². The Hall–Kier alpha value is -2.62.